The number of nitrogens with two attached hydrogens (primary N) is 1. The van der Waals surface area contributed by atoms with E-state index in [-0.39, 0.29) is 18.2 Å². The first-order chi connectivity index (χ1) is 19.6. The van der Waals surface area contributed by atoms with Crippen LogP contribution in [0.5, 0.6) is 0 Å². The van der Waals surface area contributed by atoms with E-state index in [9.17, 15) is 19.2 Å². The van der Waals surface area contributed by atoms with Crippen molar-refractivity contribution in [2.45, 2.75) is 51.2 Å². The van der Waals surface area contributed by atoms with E-state index in [4.69, 9.17) is 5.73 Å². The van der Waals surface area contributed by atoms with E-state index >= 15 is 0 Å². The third-order valence-electron chi connectivity index (χ3n) is 6.95. The molecule has 0 radical (unpaired) electrons. The van der Waals surface area contributed by atoms with Crippen LogP contribution in [0.4, 0.5) is 5.69 Å². The van der Waals surface area contributed by atoms with E-state index < -0.39 is 22.8 Å². The summed E-state index contributed by atoms with van der Waals surface area (Å²) < 4.78 is 1.15. The van der Waals surface area contributed by atoms with Gasteiger partial charge in [0.2, 0.25) is 11.8 Å². The fraction of sp³-hybridized carbons (Fsp3) is 0.258. The van der Waals surface area contributed by atoms with E-state index in [1.165, 1.54) is 0 Å². The van der Waals surface area contributed by atoms with Crippen molar-refractivity contribution in [3.8, 4) is 16.8 Å². The number of hydrogen-bond acceptors (Lipinski definition) is 6. The molecular formula is C31H32N6O4. The van der Waals surface area contributed by atoms with Gasteiger partial charge in [0.05, 0.1) is 12.2 Å². The third-order valence-corrected chi connectivity index (χ3v) is 6.95. The van der Waals surface area contributed by atoms with Crippen molar-refractivity contribution in [1.82, 2.24) is 20.1 Å². The predicted molar refractivity (Wildman–Crippen MR) is 157 cm³/mol. The molecule has 4 aromatic rings. The maximum absolute atomic E-state index is 13.8. The summed E-state index contributed by atoms with van der Waals surface area (Å²) in [5, 5.41) is 6.90. The van der Waals surface area contributed by atoms with Gasteiger partial charge >= 0.3 is 5.69 Å². The third kappa shape index (κ3) is 6.33. The molecule has 2 heterocycles. The Kier molecular flexibility index (Phi) is 7.67. The Balaban J connectivity index is 1.42. The minimum atomic E-state index is -0.678. The number of hydrogen-bond donors (Lipinski definition) is 3. The van der Waals surface area contributed by atoms with Crippen molar-refractivity contribution < 1.29 is 9.59 Å². The van der Waals surface area contributed by atoms with E-state index in [1.54, 1.807) is 30.9 Å². The number of carbonyl (C=O) groups is 2. The van der Waals surface area contributed by atoms with Gasteiger partial charge < -0.3 is 16.0 Å². The summed E-state index contributed by atoms with van der Waals surface area (Å²) in [7, 11) is 0. The summed E-state index contributed by atoms with van der Waals surface area (Å²) in [6.45, 7) is 3.87. The number of H-pyrrole nitrogens is 1. The Bertz CT molecular complexity index is 1700. The van der Waals surface area contributed by atoms with Gasteiger partial charge in [0.15, 0.2) is 0 Å². The molecule has 0 unspecified atom stereocenters. The highest BCUT2D eigenvalue weighted by atomic mass is 16.2. The van der Waals surface area contributed by atoms with Gasteiger partial charge in [0, 0.05) is 23.2 Å². The first kappa shape index (κ1) is 27.7. The standard InChI is InChI=1S/C31H32N6O4/c1-31(2,32)17-27(38)34-24-16-15-22-7-3-5-9-25(22)36(29(24)40)19-20-11-13-21(14-12-20)23-8-4-6-10-26(23)37-30(41)35-28(39)18-33-37/h3-14,18,24H,15-17,19,32H2,1-2H3,(H,34,38)(H,35,39,41)/t24-/m1/s1. The zero-order valence-corrected chi connectivity index (χ0v) is 23.0. The number of nitrogens with one attached hydrogen (secondary N) is 2. The molecule has 1 atom stereocenters. The monoisotopic (exact) mass is 552 g/mol. The Morgan fingerprint density at radius 3 is 2.39 bits per heavy atom. The van der Waals surface area contributed by atoms with Gasteiger partial charge in [0.25, 0.3) is 5.56 Å². The zero-order valence-electron chi connectivity index (χ0n) is 23.0. The lowest BCUT2D eigenvalue weighted by atomic mass is 10.0. The molecule has 1 aromatic heterocycles. The molecule has 1 aliphatic rings. The molecule has 0 fully saturated rings. The smallest absolute Gasteiger partial charge is 0.344 e. The molecule has 4 N–H and O–H groups in total. The highest BCUT2D eigenvalue weighted by molar-refractivity contribution is 6.00. The molecule has 1 aliphatic heterocycles. The van der Waals surface area contributed by atoms with E-state index in [1.807, 2.05) is 60.7 Å². The van der Waals surface area contributed by atoms with Crippen molar-refractivity contribution in [2.75, 3.05) is 4.90 Å². The lowest BCUT2D eigenvalue weighted by Gasteiger charge is -2.27. The van der Waals surface area contributed by atoms with Crippen LogP contribution in [-0.4, -0.2) is 38.2 Å². The summed E-state index contributed by atoms with van der Waals surface area (Å²) >= 11 is 0. The molecule has 10 nitrogen and oxygen atoms in total. The number of rotatable bonds is 7. The summed E-state index contributed by atoms with van der Waals surface area (Å²) in [5.41, 5.74) is 9.02. The van der Waals surface area contributed by atoms with Crippen molar-refractivity contribution in [1.29, 1.82) is 0 Å². The first-order valence-corrected chi connectivity index (χ1v) is 13.4. The minimum absolute atomic E-state index is 0.118. The predicted octanol–water partition coefficient (Wildman–Crippen LogP) is 2.68. The molecule has 2 amide bonds. The normalized spacial score (nSPS) is 15.2. The zero-order chi connectivity index (χ0) is 29.1. The lowest BCUT2D eigenvalue weighted by molar-refractivity contribution is -0.128. The molecule has 0 saturated heterocycles. The largest absolute Gasteiger partial charge is 0.349 e. The summed E-state index contributed by atoms with van der Waals surface area (Å²) in [6, 6.07) is 22.1. The van der Waals surface area contributed by atoms with Gasteiger partial charge in [-0.3, -0.25) is 19.4 Å². The van der Waals surface area contributed by atoms with Crippen molar-refractivity contribution in [2.24, 2.45) is 5.73 Å². The minimum Gasteiger partial charge on any atom is -0.344 e. The van der Waals surface area contributed by atoms with Crippen molar-refractivity contribution in [3.05, 3.63) is 111 Å². The van der Waals surface area contributed by atoms with E-state index in [2.05, 4.69) is 15.4 Å². The number of carbonyl (C=O) groups excluding carboxylic acids is 2. The Morgan fingerprint density at radius 2 is 1.68 bits per heavy atom. The van der Waals surface area contributed by atoms with E-state index in [0.29, 0.717) is 25.1 Å². The van der Waals surface area contributed by atoms with Gasteiger partial charge in [-0.25, -0.2) is 4.79 Å². The fourth-order valence-corrected chi connectivity index (χ4v) is 5.07. The number of benzene rings is 3. The van der Waals surface area contributed by atoms with Crippen LogP contribution in [0.15, 0.2) is 88.6 Å². The van der Waals surface area contributed by atoms with Gasteiger partial charge in [-0.05, 0) is 55.5 Å². The topological polar surface area (TPSA) is 143 Å². The van der Waals surface area contributed by atoms with Crippen LogP contribution in [-0.2, 0) is 22.6 Å². The fourth-order valence-electron chi connectivity index (χ4n) is 5.07. The Hall–Kier alpha value is -4.83. The average Bonchev–Trinajstić information content (AvgIpc) is 3.05. The van der Waals surface area contributed by atoms with Crippen LogP contribution < -0.4 is 27.2 Å². The number of aryl methyl sites for hydroxylation is 1. The summed E-state index contributed by atoms with van der Waals surface area (Å²) in [5.74, 6) is -0.420. The van der Waals surface area contributed by atoms with Crippen LogP contribution in [0.2, 0.25) is 0 Å². The maximum atomic E-state index is 13.8. The highest BCUT2D eigenvalue weighted by Gasteiger charge is 2.32. The van der Waals surface area contributed by atoms with Gasteiger partial charge in [-0.1, -0.05) is 60.7 Å². The van der Waals surface area contributed by atoms with E-state index in [0.717, 1.165) is 38.8 Å². The number of aromatic amines is 1. The van der Waals surface area contributed by atoms with Crippen LogP contribution >= 0.6 is 0 Å². The highest BCUT2D eigenvalue weighted by Crippen LogP contribution is 2.30. The number of aromatic nitrogens is 3. The second kappa shape index (κ2) is 11.3. The van der Waals surface area contributed by atoms with Crippen LogP contribution in [0.25, 0.3) is 16.8 Å². The molecule has 0 spiro atoms. The lowest BCUT2D eigenvalue weighted by Crippen LogP contribution is -2.49. The Morgan fingerprint density at radius 1 is 1.00 bits per heavy atom. The molecule has 5 rings (SSSR count). The summed E-state index contributed by atoms with van der Waals surface area (Å²) in [4.78, 5) is 54.3. The van der Waals surface area contributed by atoms with Crippen molar-refractivity contribution in [3.63, 3.8) is 0 Å². The molecule has 0 saturated carbocycles. The first-order valence-electron chi connectivity index (χ1n) is 13.4. The average molecular weight is 553 g/mol. The molecule has 3 aromatic carbocycles. The number of para-hydroxylation sites is 2. The number of anilines is 1. The SMILES string of the molecule is CC(C)(N)CC(=O)N[C@@H]1CCc2ccccc2N(Cc2ccc(-c3ccccc3-n3ncc(=O)[nH]c3=O)cc2)C1=O. The van der Waals surface area contributed by atoms with Crippen LogP contribution in [0, 0.1) is 0 Å². The number of amides is 2. The molecule has 41 heavy (non-hydrogen) atoms. The van der Waals surface area contributed by atoms with Gasteiger partial charge in [0.1, 0.15) is 12.2 Å². The Labute approximate surface area is 236 Å². The van der Waals surface area contributed by atoms with Crippen LogP contribution in [0.3, 0.4) is 0 Å². The molecular weight excluding hydrogens is 520 g/mol. The molecule has 210 valence electrons. The van der Waals surface area contributed by atoms with Gasteiger partial charge in [-0.2, -0.15) is 9.78 Å². The van der Waals surface area contributed by atoms with Gasteiger partial charge in [-0.15, -0.1) is 0 Å². The molecule has 0 aliphatic carbocycles. The van der Waals surface area contributed by atoms with Crippen LogP contribution in [0.1, 0.15) is 37.8 Å². The molecule has 0 bridgehead atoms. The summed E-state index contributed by atoms with van der Waals surface area (Å²) in [6.07, 6.45) is 2.33. The van der Waals surface area contributed by atoms with Crippen molar-refractivity contribution >= 4 is 17.5 Å². The number of nitrogens with zero attached hydrogens (tertiary/aromatic N) is 3. The second-order valence-corrected chi connectivity index (χ2v) is 10.9. The second-order valence-electron chi connectivity index (χ2n) is 10.9. The maximum Gasteiger partial charge on any atom is 0.349 e. The quantitative estimate of drug-likeness (QED) is 0.322. The number of fused-ring (bicyclic) bond motifs is 1. The molecule has 10 heteroatoms.